The topological polar surface area (TPSA) is 89.7 Å². The molecule has 3 rings (SSSR count). The lowest BCUT2D eigenvalue weighted by molar-refractivity contribution is 0.1000. The quantitative estimate of drug-likeness (QED) is 0.700. The SMILES string of the molecule is COc1ccccc1OCCN1CCC(Nc2cc(C(N)=O)ccn2)CC1.Cl. The van der Waals surface area contributed by atoms with E-state index in [2.05, 4.69) is 15.2 Å². The Morgan fingerprint density at radius 1 is 1.25 bits per heavy atom. The van der Waals surface area contributed by atoms with Gasteiger partial charge in [0.25, 0.3) is 0 Å². The van der Waals surface area contributed by atoms with Gasteiger partial charge in [0.15, 0.2) is 11.5 Å². The maximum atomic E-state index is 11.3. The van der Waals surface area contributed by atoms with E-state index in [9.17, 15) is 4.79 Å². The summed E-state index contributed by atoms with van der Waals surface area (Å²) in [6, 6.07) is 11.4. The van der Waals surface area contributed by atoms with Crippen LogP contribution in [0.4, 0.5) is 5.82 Å². The molecule has 1 aromatic heterocycles. The van der Waals surface area contributed by atoms with Crippen molar-refractivity contribution in [3.63, 3.8) is 0 Å². The van der Waals surface area contributed by atoms with E-state index in [1.165, 1.54) is 0 Å². The first-order valence-electron chi connectivity index (χ1n) is 9.16. The van der Waals surface area contributed by atoms with Gasteiger partial charge >= 0.3 is 0 Å². The predicted molar refractivity (Wildman–Crippen MR) is 112 cm³/mol. The van der Waals surface area contributed by atoms with Gasteiger partial charge in [-0.15, -0.1) is 12.4 Å². The molecule has 1 aliphatic rings. The number of likely N-dealkylation sites (tertiary alicyclic amines) is 1. The molecule has 1 fully saturated rings. The van der Waals surface area contributed by atoms with Gasteiger partial charge in [-0.2, -0.15) is 0 Å². The molecule has 0 bridgehead atoms. The van der Waals surface area contributed by atoms with E-state index >= 15 is 0 Å². The number of carbonyl (C=O) groups is 1. The highest BCUT2D eigenvalue weighted by atomic mass is 35.5. The molecule has 152 valence electrons. The Hall–Kier alpha value is -2.51. The van der Waals surface area contributed by atoms with Crippen LogP contribution in [0.1, 0.15) is 23.2 Å². The molecule has 3 N–H and O–H groups in total. The number of amides is 1. The zero-order valence-electron chi connectivity index (χ0n) is 16.0. The Morgan fingerprint density at radius 3 is 2.64 bits per heavy atom. The number of nitrogens with zero attached hydrogens (tertiary/aromatic N) is 2. The average Bonchev–Trinajstić information content (AvgIpc) is 2.70. The van der Waals surface area contributed by atoms with Crippen molar-refractivity contribution in [2.24, 2.45) is 5.73 Å². The van der Waals surface area contributed by atoms with Crippen LogP contribution in [0.2, 0.25) is 0 Å². The number of piperidine rings is 1. The number of halogens is 1. The Labute approximate surface area is 171 Å². The highest BCUT2D eigenvalue weighted by Gasteiger charge is 2.19. The van der Waals surface area contributed by atoms with Crippen LogP contribution in [0.5, 0.6) is 11.5 Å². The van der Waals surface area contributed by atoms with E-state index in [0.29, 0.717) is 24.0 Å². The number of ether oxygens (including phenoxy) is 2. The maximum Gasteiger partial charge on any atom is 0.248 e. The minimum absolute atomic E-state index is 0. The molecular weight excluding hydrogens is 380 g/mol. The molecule has 2 aromatic rings. The average molecular weight is 407 g/mol. The second-order valence-corrected chi connectivity index (χ2v) is 6.55. The molecule has 0 spiro atoms. The fourth-order valence-electron chi connectivity index (χ4n) is 3.20. The van der Waals surface area contributed by atoms with Crippen molar-refractivity contribution in [1.29, 1.82) is 0 Å². The van der Waals surface area contributed by atoms with E-state index in [1.54, 1.807) is 25.4 Å². The van der Waals surface area contributed by atoms with Crippen molar-refractivity contribution in [2.45, 2.75) is 18.9 Å². The van der Waals surface area contributed by atoms with E-state index in [4.69, 9.17) is 15.2 Å². The molecule has 0 aliphatic carbocycles. The van der Waals surface area contributed by atoms with Gasteiger partial charge in [0.05, 0.1) is 7.11 Å². The molecule has 0 atom stereocenters. The number of pyridine rings is 1. The Morgan fingerprint density at radius 2 is 1.96 bits per heavy atom. The molecule has 0 saturated carbocycles. The predicted octanol–water partition coefficient (Wildman–Crippen LogP) is 2.57. The van der Waals surface area contributed by atoms with E-state index in [0.717, 1.165) is 44.0 Å². The highest BCUT2D eigenvalue weighted by Crippen LogP contribution is 2.25. The lowest BCUT2D eigenvalue weighted by Crippen LogP contribution is -2.41. The number of hydrogen-bond acceptors (Lipinski definition) is 6. The minimum atomic E-state index is -0.440. The number of methoxy groups -OCH3 is 1. The molecular formula is C20H27ClN4O3. The summed E-state index contributed by atoms with van der Waals surface area (Å²) in [5, 5.41) is 3.40. The molecule has 28 heavy (non-hydrogen) atoms. The molecule has 7 nitrogen and oxygen atoms in total. The van der Waals surface area contributed by atoms with E-state index in [1.807, 2.05) is 24.3 Å². The monoisotopic (exact) mass is 406 g/mol. The number of nitrogens with two attached hydrogens (primary N) is 1. The third kappa shape index (κ3) is 6.00. The van der Waals surface area contributed by atoms with Crippen LogP contribution >= 0.6 is 12.4 Å². The van der Waals surface area contributed by atoms with Gasteiger partial charge in [0.2, 0.25) is 5.91 Å². The van der Waals surface area contributed by atoms with Crippen LogP contribution in [0.3, 0.4) is 0 Å². The number of hydrogen-bond donors (Lipinski definition) is 2. The highest BCUT2D eigenvalue weighted by molar-refractivity contribution is 5.93. The van der Waals surface area contributed by atoms with Crippen molar-refractivity contribution >= 4 is 24.1 Å². The van der Waals surface area contributed by atoms with Crippen molar-refractivity contribution < 1.29 is 14.3 Å². The fourth-order valence-corrected chi connectivity index (χ4v) is 3.20. The standard InChI is InChI=1S/C20H26N4O3.ClH/c1-26-17-4-2-3-5-18(17)27-13-12-24-10-7-16(8-11-24)23-19-14-15(20(21)25)6-9-22-19;/h2-6,9,14,16H,7-8,10-13H2,1H3,(H2,21,25)(H,22,23);1H. The zero-order chi connectivity index (χ0) is 19.1. The number of rotatable bonds is 8. The molecule has 8 heteroatoms. The second-order valence-electron chi connectivity index (χ2n) is 6.55. The van der Waals surface area contributed by atoms with Gasteiger partial charge in [-0.1, -0.05) is 12.1 Å². The summed E-state index contributed by atoms with van der Waals surface area (Å²) in [4.78, 5) is 17.9. The molecule has 1 aliphatic heterocycles. The van der Waals surface area contributed by atoms with Crippen LogP contribution in [-0.4, -0.2) is 55.2 Å². The van der Waals surface area contributed by atoms with Crippen LogP contribution in [0.15, 0.2) is 42.6 Å². The summed E-state index contributed by atoms with van der Waals surface area (Å²) in [6.07, 6.45) is 3.63. The first-order valence-corrected chi connectivity index (χ1v) is 9.16. The number of aromatic nitrogens is 1. The largest absolute Gasteiger partial charge is 0.493 e. The fraction of sp³-hybridized carbons (Fsp3) is 0.400. The van der Waals surface area contributed by atoms with E-state index < -0.39 is 5.91 Å². The van der Waals surface area contributed by atoms with Crippen molar-refractivity contribution in [1.82, 2.24) is 9.88 Å². The van der Waals surface area contributed by atoms with Gasteiger partial charge in [0.1, 0.15) is 12.4 Å². The van der Waals surface area contributed by atoms with Gasteiger partial charge < -0.3 is 20.5 Å². The van der Waals surface area contributed by atoms with Crippen LogP contribution < -0.4 is 20.5 Å². The number of benzene rings is 1. The van der Waals surface area contributed by atoms with Gasteiger partial charge in [-0.05, 0) is 37.1 Å². The summed E-state index contributed by atoms with van der Waals surface area (Å²) < 4.78 is 11.2. The van der Waals surface area contributed by atoms with Gasteiger partial charge in [0, 0.05) is 37.4 Å². The Bertz CT molecular complexity index is 767. The number of nitrogens with one attached hydrogen (secondary N) is 1. The summed E-state index contributed by atoms with van der Waals surface area (Å²) in [7, 11) is 1.65. The van der Waals surface area contributed by atoms with Crippen molar-refractivity contribution in [2.75, 3.05) is 38.7 Å². The zero-order valence-corrected chi connectivity index (χ0v) is 16.8. The Kier molecular flexibility index (Phi) is 8.35. The van der Waals surface area contributed by atoms with E-state index in [-0.39, 0.29) is 12.4 Å². The van der Waals surface area contributed by atoms with Gasteiger partial charge in [-0.3, -0.25) is 9.69 Å². The summed E-state index contributed by atoms with van der Waals surface area (Å²) in [5.74, 6) is 1.79. The number of anilines is 1. The van der Waals surface area contributed by atoms with Crippen molar-refractivity contribution in [3.8, 4) is 11.5 Å². The van der Waals surface area contributed by atoms with Crippen LogP contribution in [0, 0.1) is 0 Å². The molecule has 0 radical (unpaired) electrons. The summed E-state index contributed by atoms with van der Waals surface area (Å²) in [5.41, 5.74) is 5.79. The Balaban J connectivity index is 0.00000280. The van der Waals surface area contributed by atoms with Crippen LogP contribution in [-0.2, 0) is 0 Å². The molecule has 1 amide bonds. The van der Waals surface area contributed by atoms with Crippen molar-refractivity contribution in [3.05, 3.63) is 48.2 Å². The molecule has 2 heterocycles. The number of carbonyl (C=O) groups excluding carboxylic acids is 1. The maximum absolute atomic E-state index is 11.3. The summed E-state index contributed by atoms with van der Waals surface area (Å²) in [6.45, 7) is 3.48. The van der Waals surface area contributed by atoms with Crippen LogP contribution in [0.25, 0.3) is 0 Å². The molecule has 0 unspecified atom stereocenters. The number of primary amides is 1. The smallest absolute Gasteiger partial charge is 0.248 e. The third-order valence-electron chi connectivity index (χ3n) is 4.72. The number of para-hydroxylation sites is 2. The second kappa shape index (κ2) is 10.7. The minimum Gasteiger partial charge on any atom is -0.493 e. The summed E-state index contributed by atoms with van der Waals surface area (Å²) >= 11 is 0. The molecule has 1 saturated heterocycles. The van der Waals surface area contributed by atoms with Gasteiger partial charge in [-0.25, -0.2) is 4.98 Å². The lowest BCUT2D eigenvalue weighted by Gasteiger charge is -2.32. The third-order valence-corrected chi connectivity index (χ3v) is 4.72. The first kappa shape index (κ1) is 21.8. The lowest BCUT2D eigenvalue weighted by atomic mass is 10.1. The first-order chi connectivity index (χ1) is 13.2. The normalized spacial score (nSPS) is 14.8. The molecule has 1 aromatic carbocycles.